The second-order valence-corrected chi connectivity index (χ2v) is 8.95. The van der Waals surface area contributed by atoms with Crippen molar-refractivity contribution < 1.29 is 27.1 Å². The summed E-state index contributed by atoms with van der Waals surface area (Å²) >= 11 is 0. The van der Waals surface area contributed by atoms with Crippen LogP contribution in [-0.2, 0) is 17.3 Å². The van der Waals surface area contributed by atoms with E-state index in [4.69, 9.17) is 18.9 Å². The molecule has 5 rings (SSSR count). The summed E-state index contributed by atoms with van der Waals surface area (Å²) in [6, 6.07) is 14.7. The fourth-order valence-electron chi connectivity index (χ4n) is 4.60. The molecule has 0 saturated carbocycles. The number of anilines is 2. The molecule has 39 heavy (non-hydrogen) atoms. The number of hydrogen-bond acceptors (Lipinski definition) is 6. The zero-order valence-corrected chi connectivity index (χ0v) is 21.7. The minimum absolute atomic E-state index is 0.0421. The zero-order chi connectivity index (χ0) is 27.6. The van der Waals surface area contributed by atoms with Crippen LogP contribution in [0.25, 0.3) is 28.2 Å². The maximum atomic E-state index is 13.9. The molecule has 0 aliphatic heterocycles. The van der Waals surface area contributed by atoms with Crippen LogP contribution in [0.15, 0.2) is 71.4 Å². The molecule has 10 heteroatoms. The number of pyridine rings is 1. The number of alkyl halides is 3. The normalized spacial score (nSPS) is 11.7. The number of imidazole rings is 1. The van der Waals surface area contributed by atoms with E-state index in [2.05, 4.69) is 10.3 Å². The Kier molecular flexibility index (Phi) is 7.30. The third kappa shape index (κ3) is 5.33. The average molecular weight is 537 g/mol. The number of aryl methyl sites for hydroxylation is 2. The predicted molar refractivity (Wildman–Crippen MR) is 142 cm³/mol. The summed E-state index contributed by atoms with van der Waals surface area (Å²) < 4.78 is 60.1. The highest BCUT2D eigenvalue weighted by Gasteiger charge is 2.34. The van der Waals surface area contributed by atoms with Gasteiger partial charge >= 0.3 is 6.18 Å². The van der Waals surface area contributed by atoms with Gasteiger partial charge in [0.15, 0.2) is 17.3 Å². The third-order valence-electron chi connectivity index (χ3n) is 6.37. The van der Waals surface area contributed by atoms with Crippen molar-refractivity contribution in [3.8, 4) is 28.3 Å². The zero-order valence-electron chi connectivity index (χ0n) is 21.7. The van der Waals surface area contributed by atoms with E-state index in [1.807, 2.05) is 40.9 Å². The standard InChI is InChI=1S/C29H27F3N4O3/c1-18-33-17-26(39-18)21-13-12-19(16-25(21)38-3)34-23-10-6-14-36-24(11-7-15-37-2)27(35-28(23)36)20-8-4-5-9-22(20)29(30,31)32/h4-6,8-10,12-14,16-17,34H,7,11,15H2,1-3H3. The van der Waals surface area contributed by atoms with Crippen molar-refractivity contribution in [1.82, 2.24) is 14.4 Å². The van der Waals surface area contributed by atoms with Crippen LogP contribution >= 0.6 is 0 Å². The first kappa shape index (κ1) is 26.3. The first-order valence-corrected chi connectivity index (χ1v) is 12.3. The summed E-state index contributed by atoms with van der Waals surface area (Å²) in [4.78, 5) is 8.90. The van der Waals surface area contributed by atoms with E-state index in [-0.39, 0.29) is 5.56 Å². The number of ether oxygens (including phenoxy) is 2. The number of nitrogens with one attached hydrogen (secondary N) is 1. The molecule has 0 fully saturated rings. The van der Waals surface area contributed by atoms with Gasteiger partial charge in [0, 0.05) is 44.2 Å². The molecular weight excluding hydrogens is 509 g/mol. The number of oxazole rings is 1. The van der Waals surface area contributed by atoms with Crippen LogP contribution in [0.1, 0.15) is 23.6 Å². The van der Waals surface area contributed by atoms with Crippen molar-refractivity contribution in [2.24, 2.45) is 0 Å². The second kappa shape index (κ2) is 10.8. The molecule has 1 N–H and O–H groups in total. The molecule has 0 bridgehead atoms. The SMILES string of the molecule is COCCCc1c(-c2ccccc2C(F)(F)F)nc2c(Nc3ccc(-c4cnc(C)o4)c(OC)c3)cccn12. The third-order valence-corrected chi connectivity index (χ3v) is 6.37. The number of aromatic nitrogens is 3. The molecular formula is C29H27F3N4O3. The fraction of sp³-hybridized carbons (Fsp3) is 0.241. The number of benzene rings is 2. The number of fused-ring (bicyclic) bond motifs is 1. The van der Waals surface area contributed by atoms with E-state index >= 15 is 0 Å². The number of methoxy groups -OCH3 is 2. The van der Waals surface area contributed by atoms with Gasteiger partial charge in [-0.2, -0.15) is 13.2 Å². The maximum absolute atomic E-state index is 13.9. The van der Waals surface area contributed by atoms with Gasteiger partial charge in [0.25, 0.3) is 0 Å². The second-order valence-electron chi connectivity index (χ2n) is 8.95. The lowest BCUT2D eigenvalue weighted by atomic mass is 10.0. The molecule has 0 amide bonds. The van der Waals surface area contributed by atoms with Gasteiger partial charge in [0.05, 0.1) is 41.5 Å². The molecule has 0 saturated heterocycles. The van der Waals surface area contributed by atoms with E-state index in [1.54, 1.807) is 33.4 Å². The fourth-order valence-corrected chi connectivity index (χ4v) is 4.60. The number of hydrogen-bond donors (Lipinski definition) is 1. The summed E-state index contributed by atoms with van der Waals surface area (Å²) in [6.45, 7) is 2.24. The lowest BCUT2D eigenvalue weighted by molar-refractivity contribution is -0.137. The van der Waals surface area contributed by atoms with Gasteiger partial charge in [-0.1, -0.05) is 18.2 Å². The van der Waals surface area contributed by atoms with Crippen molar-refractivity contribution in [1.29, 1.82) is 0 Å². The molecule has 0 aliphatic carbocycles. The lowest BCUT2D eigenvalue weighted by Crippen LogP contribution is -2.08. The molecule has 0 radical (unpaired) electrons. The van der Waals surface area contributed by atoms with Crippen molar-refractivity contribution >= 4 is 17.0 Å². The van der Waals surface area contributed by atoms with Crippen LogP contribution in [0, 0.1) is 6.92 Å². The van der Waals surface area contributed by atoms with Gasteiger partial charge in [0.1, 0.15) is 5.75 Å². The van der Waals surface area contributed by atoms with E-state index in [1.165, 1.54) is 12.1 Å². The lowest BCUT2D eigenvalue weighted by Gasteiger charge is -2.13. The van der Waals surface area contributed by atoms with Crippen molar-refractivity contribution in [3.05, 3.63) is 84.1 Å². The van der Waals surface area contributed by atoms with Crippen molar-refractivity contribution in [2.75, 3.05) is 26.1 Å². The van der Waals surface area contributed by atoms with Gasteiger partial charge in [-0.25, -0.2) is 9.97 Å². The quantitative estimate of drug-likeness (QED) is 0.199. The molecule has 0 aliphatic rings. The molecule has 3 heterocycles. The van der Waals surface area contributed by atoms with E-state index in [0.717, 1.165) is 11.6 Å². The minimum atomic E-state index is -4.52. The van der Waals surface area contributed by atoms with Crippen molar-refractivity contribution in [3.63, 3.8) is 0 Å². The topological polar surface area (TPSA) is 73.8 Å². The molecule has 0 atom stereocenters. The minimum Gasteiger partial charge on any atom is -0.496 e. The predicted octanol–water partition coefficient (Wildman–Crippen LogP) is 7.31. The molecule has 3 aromatic heterocycles. The number of halogens is 3. The molecule has 5 aromatic rings. The summed E-state index contributed by atoms with van der Waals surface area (Å²) in [5, 5.41) is 3.35. The van der Waals surface area contributed by atoms with Crippen LogP contribution in [-0.4, -0.2) is 35.2 Å². The largest absolute Gasteiger partial charge is 0.496 e. The Labute approximate surface area is 223 Å². The Morgan fingerprint density at radius 3 is 2.56 bits per heavy atom. The Morgan fingerprint density at radius 2 is 1.85 bits per heavy atom. The molecule has 7 nitrogen and oxygen atoms in total. The smallest absolute Gasteiger partial charge is 0.417 e. The first-order valence-electron chi connectivity index (χ1n) is 12.3. The van der Waals surface area contributed by atoms with E-state index in [9.17, 15) is 13.2 Å². The van der Waals surface area contributed by atoms with Crippen LogP contribution in [0.5, 0.6) is 5.75 Å². The monoisotopic (exact) mass is 536 g/mol. The summed E-state index contributed by atoms with van der Waals surface area (Å²) in [5.41, 5.74) is 2.88. The Morgan fingerprint density at radius 1 is 1.03 bits per heavy atom. The van der Waals surface area contributed by atoms with Gasteiger partial charge in [-0.05, 0) is 43.2 Å². The Bertz CT molecular complexity index is 1610. The van der Waals surface area contributed by atoms with E-state index in [0.29, 0.717) is 65.3 Å². The van der Waals surface area contributed by atoms with Crippen molar-refractivity contribution in [2.45, 2.75) is 25.9 Å². The Hall–Kier alpha value is -4.31. The average Bonchev–Trinajstić information content (AvgIpc) is 3.52. The Balaban J connectivity index is 1.59. The molecule has 202 valence electrons. The van der Waals surface area contributed by atoms with Gasteiger partial charge in [0.2, 0.25) is 0 Å². The van der Waals surface area contributed by atoms with Gasteiger partial charge < -0.3 is 23.6 Å². The van der Waals surface area contributed by atoms with Crippen LogP contribution in [0.3, 0.4) is 0 Å². The van der Waals surface area contributed by atoms with Gasteiger partial charge in [-0.15, -0.1) is 0 Å². The molecule has 0 unspecified atom stereocenters. The van der Waals surface area contributed by atoms with Gasteiger partial charge in [-0.3, -0.25) is 0 Å². The number of nitrogens with zero attached hydrogens (tertiary/aromatic N) is 3. The highest BCUT2D eigenvalue weighted by atomic mass is 19.4. The highest BCUT2D eigenvalue weighted by Crippen LogP contribution is 2.39. The number of rotatable bonds is 9. The molecule has 0 spiro atoms. The maximum Gasteiger partial charge on any atom is 0.417 e. The first-order chi connectivity index (χ1) is 18.8. The van der Waals surface area contributed by atoms with Crippen LogP contribution in [0.4, 0.5) is 24.5 Å². The summed E-state index contributed by atoms with van der Waals surface area (Å²) in [5.74, 6) is 1.70. The summed E-state index contributed by atoms with van der Waals surface area (Å²) in [7, 11) is 3.16. The van der Waals surface area contributed by atoms with Crippen LogP contribution in [0.2, 0.25) is 0 Å². The van der Waals surface area contributed by atoms with Crippen LogP contribution < -0.4 is 10.1 Å². The summed E-state index contributed by atoms with van der Waals surface area (Å²) in [6.07, 6.45) is 0.0435. The van der Waals surface area contributed by atoms with E-state index < -0.39 is 11.7 Å². The highest BCUT2D eigenvalue weighted by molar-refractivity contribution is 5.80. The molecule has 2 aromatic carbocycles.